The van der Waals surface area contributed by atoms with Crippen LogP contribution in [0.4, 0.5) is 11.4 Å². The second-order valence-electron chi connectivity index (χ2n) is 4.94. The molecule has 1 aromatic carbocycles. The third-order valence-electron chi connectivity index (χ3n) is 3.27. The summed E-state index contributed by atoms with van der Waals surface area (Å²) >= 11 is 0. The number of unbranched alkanes of at least 4 members (excludes halogenated alkanes) is 2. The van der Waals surface area contributed by atoms with E-state index in [4.69, 9.17) is 9.92 Å². The Hall–Kier alpha value is -2.26. The van der Waals surface area contributed by atoms with Crippen molar-refractivity contribution >= 4 is 32.4 Å². The van der Waals surface area contributed by atoms with E-state index >= 15 is 0 Å². The Morgan fingerprint density at radius 3 is 2.65 bits per heavy atom. The first-order valence-corrected chi connectivity index (χ1v) is 8.51. The highest BCUT2D eigenvalue weighted by molar-refractivity contribution is 7.86. The molecule has 124 valence electrons. The number of fused-ring (bicyclic) bond motifs is 1. The number of nitrogen functional groups attached to an aromatic ring is 1. The number of anilines is 1. The van der Waals surface area contributed by atoms with Crippen LogP contribution in [0.3, 0.4) is 0 Å². The van der Waals surface area contributed by atoms with Gasteiger partial charge in [-0.2, -0.15) is 8.42 Å². The maximum Gasteiger partial charge on any atom is 0.317 e. The normalized spacial score (nSPS) is 11.7. The van der Waals surface area contributed by atoms with Gasteiger partial charge in [-0.3, -0.25) is 14.3 Å². The van der Waals surface area contributed by atoms with E-state index in [9.17, 15) is 18.5 Å². The van der Waals surface area contributed by atoms with E-state index in [1.54, 1.807) is 12.1 Å². The van der Waals surface area contributed by atoms with Gasteiger partial charge in [0.15, 0.2) is 5.69 Å². The van der Waals surface area contributed by atoms with Crippen LogP contribution >= 0.6 is 0 Å². The zero-order valence-corrected chi connectivity index (χ0v) is 13.4. The molecule has 9 heteroatoms. The van der Waals surface area contributed by atoms with Crippen molar-refractivity contribution in [2.24, 2.45) is 0 Å². The third-order valence-corrected chi connectivity index (χ3v) is 4.53. The number of rotatable bonds is 7. The first-order valence-electron chi connectivity index (χ1n) is 7.10. The Bertz CT molecular complexity index is 836. The SMILES string of the molecule is CCCCCOS(=O)(=O)c1nc2ccccc2c([N+](=O)[O-])c1N. The molecule has 0 saturated carbocycles. The van der Waals surface area contributed by atoms with E-state index in [-0.39, 0.29) is 17.5 Å². The highest BCUT2D eigenvalue weighted by Crippen LogP contribution is 2.35. The maximum atomic E-state index is 12.2. The van der Waals surface area contributed by atoms with Crippen molar-refractivity contribution in [2.75, 3.05) is 12.3 Å². The van der Waals surface area contributed by atoms with E-state index in [0.717, 1.165) is 12.8 Å². The molecule has 2 N–H and O–H groups in total. The fraction of sp³-hybridized carbons (Fsp3) is 0.357. The fourth-order valence-corrected chi connectivity index (χ4v) is 3.18. The lowest BCUT2D eigenvalue weighted by molar-refractivity contribution is -0.382. The average Bonchev–Trinajstić information content (AvgIpc) is 2.50. The molecule has 2 rings (SSSR count). The van der Waals surface area contributed by atoms with Crippen molar-refractivity contribution in [3.8, 4) is 0 Å². The first-order chi connectivity index (χ1) is 10.9. The lowest BCUT2D eigenvalue weighted by Crippen LogP contribution is -2.13. The molecule has 23 heavy (non-hydrogen) atoms. The topological polar surface area (TPSA) is 125 Å². The number of benzene rings is 1. The van der Waals surface area contributed by atoms with Gasteiger partial charge in [0.25, 0.3) is 0 Å². The summed E-state index contributed by atoms with van der Waals surface area (Å²) in [6, 6.07) is 6.15. The molecule has 2 aromatic rings. The zero-order valence-electron chi connectivity index (χ0n) is 12.6. The molecule has 0 unspecified atom stereocenters. The van der Waals surface area contributed by atoms with Gasteiger partial charge < -0.3 is 5.73 Å². The minimum atomic E-state index is -4.26. The molecule has 0 aliphatic heterocycles. The lowest BCUT2D eigenvalue weighted by Gasteiger charge is -2.09. The van der Waals surface area contributed by atoms with Crippen molar-refractivity contribution < 1.29 is 17.5 Å². The van der Waals surface area contributed by atoms with Crippen LogP contribution in [0.15, 0.2) is 29.3 Å². The summed E-state index contributed by atoms with van der Waals surface area (Å²) in [4.78, 5) is 14.5. The molecule has 0 bridgehead atoms. The molecule has 0 aliphatic carbocycles. The summed E-state index contributed by atoms with van der Waals surface area (Å²) in [6.07, 6.45) is 2.28. The van der Waals surface area contributed by atoms with Gasteiger partial charge in [0, 0.05) is 0 Å². The number of para-hydroxylation sites is 1. The van der Waals surface area contributed by atoms with Gasteiger partial charge in [0.2, 0.25) is 5.03 Å². The molecular formula is C14H17N3O5S. The molecular weight excluding hydrogens is 322 g/mol. The Morgan fingerprint density at radius 2 is 2.00 bits per heavy atom. The molecule has 0 saturated heterocycles. The van der Waals surface area contributed by atoms with E-state index in [1.165, 1.54) is 12.1 Å². The Labute approximate surface area is 133 Å². The second kappa shape index (κ2) is 6.88. The van der Waals surface area contributed by atoms with Crippen LogP contribution in [0.25, 0.3) is 10.9 Å². The van der Waals surface area contributed by atoms with Crippen LogP contribution in [0.5, 0.6) is 0 Å². The van der Waals surface area contributed by atoms with Crippen molar-refractivity contribution in [3.63, 3.8) is 0 Å². The summed E-state index contributed by atoms with van der Waals surface area (Å²) in [7, 11) is -4.26. The molecule has 0 fully saturated rings. The zero-order chi connectivity index (χ0) is 17.0. The predicted molar refractivity (Wildman–Crippen MR) is 85.5 cm³/mol. The van der Waals surface area contributed by atoms with Gasteiger partial charge >= 0.3 is 15.8 Å². The van der Waals surface area contributed by atoms with Crippen molar-refractivity contribution in [1.29, 1.82) is 0 Å². The largest absolute Gasteiger partial charge is 0.391 e. The smallest absolute Gasteiger partial charge is 0.317 e. The molecule has 1 aromatic heterocycles. The number of aromatic nitrogens is 1. The van der Waals surface area contributed by atoms with Crippen LogP contribution in [-0.4, -0.2) is 24.9 Å². The standard InChI is InChI=1S/C14H17N3O5S/c1-2-3-6-9-22-23(20,21)14-12(15)13(17(18)19)10-7-4-5-8-11(10)16-14/h4-5,7-8H,2-3,6,9,15H2,1H3. The van der Waals surface area contributed by atoms with Gasteiger partial charge in [-0.05, 0) is 18.6 Å². The first kappa shape index (κ1) is 17.1. The van der Waals surface area contributed by atoms with Gasteiger partial charge in [-0.1, -0.05) is 31.9 Å². The van der Waals surface area contributed by atoms with Gasteiger partial charge in [-0.25, -0.2) is 4.98 Å². The molecule has 0 aliphatic rings. The fourth-order valence-electron chi connectivity index (χ4n) is 2.15. The van der Waals surface area contributed by atoms with E-state index in [2.05, 4.69) is 4.98 Å². The van der Waals surface area contributed by atoms with Gasteiger partial charge in [0.05, 0.1) is 22.4 Å². The number of nitrogens with two attached hydrogens (primary N) is 1. The minimum Gasteiger partial charge on any atom is -0.391 e. The van der Waals surface area contributed by atoms with Crippen molar-refractivity contribution in [3.05, 3.63) is 34.4 Å². The molecule has 1 heterocycles. The highest BCUT2D eigenvalue weighted by atomic mass is 32.2. The van der Waals surface area contributed by atoms with Crippen molar-refractivity contribution in [2.45, 2.75) is 31.2 Å². The molecule has 0 amide bonds. The van der Waals surface area contributed by atoms with Gasteiger partial charge in [-0.15, -0.1) is 0 Å². The number of nitro groups is 1. The Morgan fingerprint density at radius 1 is 1.30 bits per heavy atom. The monoisotopic (exact) mass is 339 g/mol. The minimum absolute atomic E-state index is 0.0160. The molecule has 8 nitrogen and oxygen atoms in total. The summed E-state index contributed by atoms with van der Waals surface area (Å²) < 4.78 is 29.4. The Kier molecular flexibility index (Phi) is 5.12. The van der Waals surface area contributed by atoms with Crippen molar-refractivity contribution in [1.82, 2.24) is 4.98 Å². The van der Waals surface area contributed by atoms with E-state index in [0.29, 0.717) is 6.42 Å². The number of nitrogens with zero attached hydrogens (tertiary/aromatic N) is 2. The maximum absolute atomic E-state index is 12.2. The molecule has 0 radical (unpaired) electrons. The predicted octanol–water partition coefficient (Wildman–Crippen LogP) is 2.62. The Balaban J connectivity index is 2.52. The average molecular weight is 339 g/mol. The van der Waals surface area contributed by atoms with Crippen LogP contribution in [-0.2, 0) is 14.3 Å². The highest BCUT2D eigenvalue weighted by Gasteiger charge is 2.29. The summed E-state index contributed by atoms with van der Waals surface area (Å²) in [6.45, 7) is 1.96. The van der Waals surface area contributed by atoms with Gasteiger partial charge in [0.1, 0.15) is 0 Å². The lowest BCUT2D eigenvalue weighted by atomic mass is 10.2. The quantitative estimate of drug-likeness (QED) is 0.355. The molecule has 0 spiro atoms. The van der Waals surface area contributed by atoms with E-state index in [1.807, 2.05) is 6.92 Å². The van der Waals surface area contributed by atoms with Crippen LogP contribution in [0.2, 0.25) is 0 Å². The summed E-state index contributed by atoms with van der Waals surface area (Å²) in [5, 5.41) is 10.8. The van der Waals surface area contributed by atoms with E-state index < -0.39 is 31.4 Å². The van der Waals surface area contributed by atoms with Crippen LogP contribution in [0, 0.1) is 10.1 Å². The number of hydrogen-bond acceptors (Lipinski definition) is 7. The summed E-state index contributed by atoms with van der Waals surface area (Å²) in [5.74, 6) is 0. The third kappa shape index (κ3) is 3.57. The number of hydrogen-bond donors (Lipinski definition) is 1. The van der Waals surface area contributed by atoms with Crippen LogP contribution < -0.4 is 5.73 Å². The second-order valence-corrected chi connectivity index (χ2v) is 6.47. The van der Waals surface area contributed by atoms with Crippen LogP contribution in [0.1, 0.15) is 26.2 Å². The number of pyridine rings is 1. The molecule has 0 atom stereocenters. The summed E-state index contributed by atoms with van der Waals surface area (Å²) in [5.41, 5.74) is 4.88.